The number of hydrogen-bond acceptors (Lipinski definition) is 2. The fourth-order valence-electron chi connectivity index (χ4n) is 1.40. The Morgan fingerprint density at radius 2 is 1.76 bits per heavy atom. The van der Waals surface area contributed by atoms with Gasteiger partial charge in [0.25, 0.3) is 0 Å². The maximum Gasteiger partial charge on any atom is 0.151 e. The molecule has 2 aromatic rings. The maximum atomic E-state index is 13.4. The van der Waals surface area contributed by atoms with Crippen molar-refractivity contribution in [1.82, 2.24) is 4.98 Å². The van der Waals surface area contributed by atoms with Crippen molar-refractivity contribution in [3.05, 3.63) is 59.9 Å². The van der Waals surface area contributed by atoms with Gasteiger partial charge >= 0.3 is 0 Å². The summed E-state index contributed by atoms with van der Waals surface area (Å²) in [4.78, 5) is 7.99. The highest BCUT2D eigenvalue weighted by molar-refractivity contribution is 5.98. The van der Waals surface area contributed by atoms with E-state index in [0.29, 0.717) is 11.4 Å². The molecule has 0 aliphatic carbocycles. The molecule has 0 unspecified atom stereocenters. The standard InChI is InChI=1S/C13H10F2N2/c1-9(12-7-2-3-8-16-12)17-13-10(14)5-4-6-11(13)15/h2-8H,1H3. The molecule has 0 spiro atoms. The van der Waals surface area contributed by atoms with Crippen molar-refractivity contribution >= 4 is 11.4 Å². The molecule has 0 saturated carbocycles. The first kappa shape index (κ1) is 11.4. The van der Waals surface area contributed by atoms with Gasteiger partial charge < -0.3 is 0 Å². The summed E-state index contributed by atoms with van der Waals surface area (Å²) in [5.74, 6) is -1.36. The van der Waals surface area contributed by atoms with Crippen LogP contribution in [0.15, 0.2) is 47.6 Å². The lowest BCUT2D eigenvalue weighted by atomic mass is 10.2. The van der Waals surface area contributed by atoms with Crippen LogP contribution in [0.1, 0.15) is 12.6 Å². The molecular formula is C13H10F2N2. The zero-order valence-corrected chi connectivity index (χ0v) is 9.19. The van der Waals surface area contributed by atoms with Gasteiger partial charge in [-0.1, -0.05) is 12.1 Å². The summed E-state index contributed by atoms with van der Waals surface area (Å²) in [6, 6.07) is 8.94. The lowest BCUT2D eigenvalue weighted by molar-refractivity contribution is 0.587. The van der Waals surface area contributed by atoms with Crippen LogP contribution >= 0.6 is 0 Å². The number of rotatable bonds is 2. The van der Waals surface area contributed by atoms with Crippen LogP contribution in [-0.2, 0) is 0 Å². The first-order valence-corrected chi connectivity index (χ1v) is 5.09. The number of hydrogen-bond donors (Lipinski definition) is 0. The van der Waals surface area contributed by atoms with Crippen molar-refractivity contribution in [2.45, 2.75) is 6.92 Å². The predicted octanol–water partition coefficient (Wildman–Crippen LogP) is 3.50. The van der Waals surface area contributed by atoms with E-state index in [4.69, 9.17) is 0 Å². The summed E-state index contributed by atoms with van der Waals surface area (Å²) in [5.41, 5.74) is 0.778. The van der Waals surface area contributed by atoms with Crippen LogP contribution < -0.4 is 0 Å². The number of benzene rings is 1. The topological polar surface area (TPSA) is 25.2 Å². The van der Waals surface area contributed by atoms with Crippen molar-refractivity contribution in [3.8, 4) is 0 Å². The fourth-order valence-corrected chi connectivity index (χ4v) is 1.40. The van der Waals surface area contributed by atoms with Gasteiger partial charge in [-0.15, -0.1) is 0 Å². The Morgan fingerprint density at radius 3 is 2.35 bits per heavy atom. The molecule has 2 nitrogen and oxygen atoms in total. The maximum absolute atomic E-state index is 13.4. The largest absolute Gasteiger partial charge is 0.255 e. The minimum Gasteiger partial charge on any atom is -0.255 e. The molecule has 0 radical (unpaired) electrons. The van der Waals surface area contributed by atoms with Gasteiger partial charge in [0.2, 0.25) is 0 Å². The lowest BCUT2D eigenvalue weighted by Crippen LogP contribution is -1.97. The Kier molecular flexibility index (Phi) is 3.23. The molecule has 0 atom stereocenters. The number of aromatic nitrogens is 1. The summed E-state index contributed by atoms with van der Waals surface area (Å²) in [6.07, 6.45) is 1.60. The zero-order chi connectivity index (χ0) is 12.3. The second-order valence-corrected chi connectivity index (χ2v) is 3.48. The number of halogens is 2. The molecule has 1 heterocycles. The van der Waals surface area contributed by atoms with E-state index in [2.05, 4.69) is 9.98 Å². The second-order valence-electron chi connectivity index (χ2n) is 3.48. The summed E-state index contributed by atoms with van der Waals surface area (Å²) in [7, 11) is 0. The highest BCUT2D eigenvalue weighted by Crippen LogP contribution is 2.22. The molecule has 4 heteroatoms. The van der Waals surface area contributed by atoms with Gasteiger partial charge in [-0.3, -0.25) is 4.98 Å². The fraction of sp³-hybridized carbons (Fsp3) is 0.0769. The average Bonchev–Trinajstić information content (AvgIpc) is 2.35. The van der Waals surface area contributed by atoms with Gasteiger partial charge in [0.1, 0.15) is 5.69 Å². The van der Waals surface area contributed by atoms with E-state index in [1.807, 2.05) is 0 Å². The minimum atomic E-state index is -0.680. The van der Waals surface area contributed by atoms with Crippen LogP contribution in [0.3, 0.4) is 0 Å². The van der Waals surface area contributed by atoms with Crippen LogP contribution in [0.25, 0.3) is 0 Å². The Morgan fingerprint density at radius 1 is 1.06 bits per heavy atom. The number of pyridine rings is 1. The molecule has 0 amide bonds. The number of para-hydroxylation sites is 1. The molecular weight excluding hydrogens is 222 g/mol. The molecule has 1 aromatic carbocycles. The van der Waals surface area contributed by atoms with Crippen molar-refractivity contribution in [3.63, 3.8) is 0 Å². The Balaban J connectivity index is 2.43. The first-order valence-electron chi connectivity index (χ1n) is 5.09. The molecule has 86 valence electrons. The first-order chi connectivity index (χ1) is 8.18. The molecule has 0 aliphatic rings. The SMILES string of the molecule is CC(=Nc1c(F)cccc1F)c1ccccn1. The molecule has 0 N–H and O–H groups in total. The molecule has 2 rings (SSSR count). The van der Waals surface area contributed by atoms with Gasteiger partial charge in [-0.05, 0) is 31.2 Å². The molecule has 17 heavy (non-hydrogen) atoms. The smallest absolute Gasteiger partial charge is 0.151 e. The van der Waals surface area contributed by atoms with E-state index >= 15 is 0 Å². The highest BCUT2D eigenvalue weighted by Gasteiger charge is 2.08. The van der Waals surface area contributed by atoms with Crippen molar-refractivity contribution < 1.29 is 8.78 Å². The van der Waals surface area contributed by atoms with Crippen molar-refractivity contribution in [2.75, 3.05) is 0 Å². The third kappa shape index (κ3) is 2.53. The Hall–Kier alpha value is -2.10. The van der Waals surface area contributed by atoms with Crippen LogP contribution in [0.4, 0.5) is 14.5 Å². The normalized spacial score (nSPS) is 11.6. The van der Waals surface area contributed by atoms with E-state index < -0.39 is 11.6 Å². The Bertz CT molecular complexity index is 530. The number of aliphatic imine (C=N–C) groups is 1. The third-order valence-corrected chi connectivity index (χ3v) is 2.25. The van der Waals surface area contributed by atoms with Gasteiger partial charge in [0.05, 0.1) is 11.4 Å². The molecule has 0 saturated heterocycles. The van der Waals surface area contributed by atoms with Crippen LogP contribution in [0.5, 0.6) is 0 Å². The molecule has 0 bridgehead atoms. The van der Waals surface area contributed by atoms with E-state index in [9.17, 15) is 8.78 Å². The second kappa shape index (κ2) is 4.82. The number of nitrogens with zero attached hydrogens (tertiary/aromatic N) is 2. The summed E-state index contributed by atoms with van der Waals surface area (Å²) >= 11 is 0. The van der Waals surface area contributed by atoms with Gasteiger partial charge in [0.15, 0.2) is 11.6 Å². The van der Waals surface area contributed by atoms with E-state index in [0.717, 1.165) is 0 Å². The highest BCUT2D eigenvalue weighted by atomic mass is 19.1. The zero-order valence-electron chi connectivity index (χ0n) is 9.19. The average molecular weight is 232 g/mol. The van der Waals surface area contributed by atoms with E-state index in [1.165, 1.54) is 18.2 Å². The molecule has 0 aliphatic heterocycles. The van der Waals surface area contributed by atoms with Crippen LogP contribution in [0.2, 0.25) is 0 Å². The molecule has 1 aromatic heterocycles. The lowest BCUT2D eigenvalue weighted by Gasteiger charge is -2.02. The van der Waals surface area contributed by atoms with Gasteiger partial charge in [-0.2, -0.15) is 0 Å². The van der Waals surface area contributed by atoms with Crippen LogP contribution in [-0.4, -0.2) is 10.7 Å². The quantitative estimate of drug-likeness (QED) is 0.727. The van der Waals surface area contributed by atoms with Crippen molar-refractivity contribution in [1.29, 1.82) is 0 Å². The van der Waals surface area contributed by atoms with E-state index in [-0.39, 0.29) is 5.69 Å². The predicted molar refractivity (Wildman–Crippen MR) is 62.5 cm³/mol. The summed E-state index contributed by atoms with van der Waals surface area (Å²) in [6.45, 7) is 1.66. The summed E-state index contributed by atoms with van der Waals surface area (Å²) < 4.78 is 26.7. The van der Waals surface area contributed by atoms with Gasteiger partial charge in [-0.25, -0.2) is 13.8 Å². The third-order valence-electron chi connectivity index (χ3n) is 2.25. The summed E-state index contributed by atoms with van der Waals surface area (Å²) in [5, 5.41) is 0. The molecule has 0 fully saturated rings. The monoisotopic (exact) mass is 232 g/mol. The van der Waals surface area contributed by atoms with Crippen LogP contribution in [0, 0.1) is 11.6 Å². The van der Waals surface area contributed by atoms with E-state index in [1.54, 1.807) is 31.3 Å². The minimum absolute atomic E-state index is 0.282. The Labute approximate surface area is 97.7 Å². The van der Waals surface area contributed by atoms with Crippen molar-refractivity contribution in [2.24, 2.45) is 4.99 Å². The van der Waals surface area contributed by atoms with Gasteiger partial charge in [0, 0.05) is 6.20 Å².